The second-order valence-corrected chi connectivity index (χ2v) is 9.68. The van der Waals surface area contributed by atoms with Gasteiger partial charge in [0, 0.05) is 37.7 Å². The molecule has 2 N–H and O–H groups in total. The maximum atomic E-state index is 13.3. The number of aromatic nitrogens is 2. The lowest BCUT2D eigenvalue weighted by molar-refractivity contribution is 0.111. The molecule has 3 heterocycles. The van der Waals surface area contributed by atoms with Crippen molar-refractivity contribution in [3.63, 3.8) is 0 Å². The summed E-state index contributed by atoms with van der Waals surface area (Å²) in [7, 11) is 1.61. The number of hydrogen-bond donors (Lipinski definition) is 2. The van der Waals surface area contributed by atoms with Crippen molar-refractivity contribution in [3.8, 4) is 16.5 Å². The average Bonchev–Trinajstić information content (AvgIpc) is 3.33. The highest BCUT2D eigenvalue weighted by atomic mass is 32.1. The Kier molecular flexibility index (Phi) is 10.1. The lowest BCUT2D eigenvalue weighted by Gasteiger charge is -2.29. The Balaban J connectivity index is 1.88. The van der Waals surface area contributed by atoms with Crippen molar-refractivity contribution in [2.75, 3.05) is 31.7 Å². The first kappa shape index (κ1) is 27.8. The zero-order chi connectivity index (χ0) is 26.8. The number of fused-ring (bicyclic) bond motifs is 1. The van der Waals surface area contributed by atoms with Crippen LogP contribution in [0.4, 0.5) is 10.6 Å². The van der Waals surface area contributed by atoms with Gasteiger partial charge in [0.1, 0.15) is 17.6 Å². The first-order valence-corrected chi connectivity index (χ1v) is 13.0. The fraction of sp³-hybridized carbons (Fsp3) is 0.370. The molecule has 0 spiro atoms. The van der Waals surface area contributed by atoms with Crippen LogP contribution < -0.4 is 15.5 Å². The van der Waals surface area contributed by atoms with Gasteiger partial charge in [-0.3, -0.25) is 9.69 Å². The number of ether oxygens (including phenoxy) is 1. The van der Waals surface area contributed by atoms with E-state index < -0.39 is 0 Å². The van der Waals surface area contributed by atoms with Crippen molar-refractivity contribution < 1.29 is 14.3 Å². The number of nitriles is 1. The molecule has 37 heavy (non-hydrogen) atoms. The number of methoxy groups -OCH3 is 1. The number of rotatable bonds is 10. The third-order valence-electron chi connectivity index (χ3n) is 5.65. The molecule has 0 aromatic carbocycles. The predicted octanol–water partition coefficient (Wildman–Crippen LogP) is 4.67. The minimum absolute atomic E-state index is 0.281. The van der Waals surface area contributed by atoms with Crippen molar-refractivity contribution in [3.05, 3.63) is 63.7 Å². The van der Waals surface area contributed by atoms with Crippen LogP contribution in [0.5, 0.6) is 0 Å². The van der Waals surface area contributed by atoms with E-state index in [-0.39, 0.29) is 11.7 Å². The summed E-state index contributed by atoms with van der Waals surface area (Å²) in [6.45, 7) is 7.13. The number of hydrogen-bond acceptors (Lipinski definition) is 8. The van der Waals surface area contributed by atoms with Gasteiger partial charge in [0.15, 0.2) is 6.29 Å². The van der Waals surface area contributed by atoms with Crippen LogP contribution in [0.2, 0.25) is 0 Å². The van der Waals surface area contributed by atoms with E-state index in [1.165, 1.54) is 11.3 Å². The maximum Gasteiger partial charge on any atom is 0.327 e. The first-order chi connectivity index (χ1) is 17.9. The molecule has 0 bridgehead atoms. The number of anilines is 1. The van der Waals surface area contributed by atoms with E-state index in [1.807, 2.05) is 26.0 Å². The second-order valence-electron chi connectivity index (χ2n) is 8.45. The number of nitrogens with one attached hydrogen (secondary N) is 2. The summed E-state index contributed by atoms with van der Waals surface area (Å²) >= 11 is 1.50. The Morgan fingerprint density at radius 1 is 1.41 bits per heavy atom. The fourth-order valence-corrected chi connectivity index (χ4v) is 4.71. The summed E-state index contributed by atoms with van der Waals surface area (Å²) < 4.78 is 5.11. The van der Waals surface area contributed by atoms with Gasteiger partial charge < -0.3 is 15.4 Å². The number of carbonyl (C=O) groups is 2. The van der Waals surface area contributed by atoms with Gasteiger partial charge in [-0.05, 0) is 56.9 Å². The third-order valence-corrected chi connectivity index (χ3v) is 6.60. The molecule has 0 atom stereocenters. The van der Waals surface area contributed by atoms with Crippen LogP contribution in [0.25, 0.3) is 10.4 Å². The molecule has 0 radical (unpaired) electrons. The maximum absolute atomic E-state index is 13.3. The zero-order valence-corrected chi connectivity index (χ0v) is 22.4. The van der Waals surface area contributed by atoms with E-state index in [9.17, 15) is 14.9 Å². The molecule has 10 heteroatoms. The highest BCUT2D eigenvalue weighted by Crippen LogP contribution is 2.34. The first-order valence-electron chi connectivity index (χ1n) is 12.1. The highest BCUT2D eigenvalue weighted by Gasteiger charge is 2.26. The van der Waals surface area contributed by atoms with Gasteiger partial charge in [-0.1, -0.05) is 13.0 Å². The molecule has 2 aromatic rings. The molecule has 2 aromatic heterocycles. The lowest BCUT2D eigenvalue weighted by Crippen LogP contribution is -2.43. The van der Waals surface area contributed by atoms with Crippen molar-refractivity contribution in [1.82, 2.24) is 20.6 Å². The normalized spacial score (nSPS) is 14.1. The van der Waals surface area contributed by atoms with E-state index in [1.54, 1.807) is 37.3 Å². The van der Waals surface area contributed by atoms with Gasteiger partial charge in [-0.25, -0.2) is 14.8 Å². The van der Waals surface area contributed by atoms with Crippen LogP contribution in [0, 0.1) is 18.3 Å². The molecule has 3 rings (SSSR count). The van der Waals surface area contributed by atoms with Crippen LogP contribution in [0.1, 0.15) is 47.7 Å². The van der Waals surface area contributed by atoms with Gasteiger partial charge in [0.2, 0.25) is 0 Å². The number of nitrogens with zero attached hydrogens (tertiary/aromatic N) is 4. The minimum atomic E-state index is -0.348. The van der Waals surface area contributed by atoms with Crippen LogP contribution >= 0.6 is 11.3 Å². The quantitative estimate of drug-likeness (QED) is 0.202. The van der Waals surface area contributed by atoms with Gasteiger partial charge >= 0.3 is 6.03 Å². The Hall–Kier alpha value is -3.81. The number of carbonyl (C=O) groups excluding carboxylic acids is 2. The summed E-state index contributed by atoms with van der Waals surface area (Å²) in [5.41, 5.74) is 3.53. The van der Waals surface area contributed by atoms with Crippen LogP contribution in [0.3, 0.4) is 0 Å². The smallest absolute Gasteiger partial charge is 0.327 e. The molecular weight excluding hydrogens is 488 g/mol. The summed E-state index contributed by atoms with van der Waals surface area (Å²) in [5, 5.41) is 16.7. The molecule has 2 amide bonds. The molecule has 1 aliphatic heterocycles. The molecule has 194 valence electrons. The largest absolute Gasteiger partial charge is 0.383 e. The highest BCUT2D eigenvalue weighted by molar-refractivity contribution is 7.15. The summed E-state index contributed by atoms with van der Waals surface area (Å²) in [6.07, 6.45) is 10.2. The fourth-order valence-electron chi connectivity index (χ4n) is 3.90. The van der Waals surface area contributed by atoms with Crippen molar-refractivity contribution in [2.45, 2.75) is 40.0 Å². The Bertz CT molecular complexity index is 1270. The number of amides is 2. The van der Waals surface area contributed by atoms with Gasteiger partial charge in [0.25, 0.3) is 0 Å². The minimum Gasteiger partial charge on any atom is -0.383 e. The van der Waals surface area contributed by atoms with E-state index in [2.05, 4.69) is 26.7 Å². The monoisotopic (exact) mass is 520 g/mol. The zero-order valence-electron chi connectivity index (χ0n) is 21.6. The van der Waals surface area contributed by atoms with Gasteiger partial charge in [-0.15, -0.1) is 11.3 Å². The molecule has 1 aliphatic rings. The number of thiazole rings is 1. The SMILES string of the molecule is CC/C=C/C(C#N)=C(\C=C(/C)NC(=O)N1CCCc2cc(-c3cnc(C)s3)c(C=O)nc21)NCCOC. The standard InChI is InChI=1S/C27H32N6O3S/c1-5-6-8-21(15-28)23(29-10-12-36-4)13-18(2)31-27(35)33-11-7-9-20-14-22(24(17-34)32-26(20)33)25-16-30-19(3)37-25/h6,8,13-14,16-17,29H,5,7,9-12H2,1-4H3,(H,31,35)/b8-6+,18-13+,23-21-. The molecular formula is C27H32N6O3S. The molecule has 0 unspecified atom stereocenters. The topological polar surface area (TPSA) is 120 Å². The third kappa shape index (κ3) is 7.12. The van der Waals surface area contributed by atoms with E-state index in [0.29, 0.717) is 42.5 Å². The van der Waals surface area contributed by atoms with Crippen LogP contribution in [-0.4, -0.2) is 49.1 Å². The summed E-state index contributed by atoms with van der Waals surface area (Å²) in [4.78, 5) is 36.5. The van der Waals surface area contributed by atoms with Crippen LogP contribution in [0.15, 0.2) is 47.5 Å². The Morgan fingerprint density at radius 3 is 2.86 bits per heavy atom. The summed E-state index contributed by atoms with van der Waals surface area (Å²) in [5.74, 6) is 0.487. The molecule has 9 nitrogen and oxygen atoms in total. The predicted molar refractivity (Wildman–Crippen MR) is 145 cm³/mol. The van der Waals surface area contributed by atoms with Crippen LogP contribution in [-0.2, 0) is 11.2 Å². The van der Waals surface area contributed by atoms with Crippen molar-refractivity contribution in [1.29, 1.82) is 5.26 Å². The number of pyridine rings is 1. The van der Waals surface area contributed by atoms with E-state index in [4.69, 9.17) is 4.74 Å². The summed E-state index contributed by atoms with van der Waals surface area (Å²) in [6, 6.07) is 3.80. The average molecular weight is 521 g/mol. The number of aldehydes is 1. The van der Waals surface area contributed by atoms with Gasteiger partial charge in [-0.2, -0.15) is 5.26 Å². The number of urea groups is 1. The van der Waals surface area contributed by atoms with Crippen molar-refractivity contribution >= 4 is 29.5 Å². The number of allylic oxidation sites excluding steroid dienone is 5. The van der Waals surface area contributed by atoms with Crippen molar-refractivity contribution in [2.24, 2.45) is 0 Å². The van der Waals surface area contributed by atoms with E-state index >= 15 is 0 Å². The molecule has 0 saturated carbocycles. The Labute approximate surface area is 221 Å². The molecule has 0 fully saturated rings. The number of aryl methyl sites for hydroxylation is 2. The second kappa shape index (κ2) is 13.5. The molecule has 0 aliphatic carbocycles. The molecule has 0 saturated heterocycles. The van der Waals surface area contributed by atoms with Gasteiger partial charge in [0.05, 0.1) is 27.8 Å². The van der Waals surface area contributed by atoms with E-state index in [0.717, 1.165) is 46.6 Å². The lowest BCUT2D eigenvalue weighted by atomic mass is 10.0. The Morgan fingerprint density at radius 2 is 2.22 bits per heavy atom.